The molecule has 1 N–H and O–H groups in total. The molecule has 1 nitrogen and oxygen atoms in total. The molecule has 0 amide bonds. The Morgan fingerprint density at radius 1 is 0.909 bits per heavy atom. The van der Waals surface area contributed by atoms with Crippen LogP contribution in [-0.2, 0) is 0 Å². The van der Waals surface area contributed by atoms with Crippen molar-refractivity contribution >= 4 is 0 Å². The van der Waals surface area contributed by atoms with E-state index in [1.54, 1.807) is 0 Å². The topological polar surface area (TPSA) is 20.2 Å². The summed E-state index contributed by atoms with van der Waals surface area (Å²) >= 11 is 0. The van der Waals surface area contributed by atoms with Crippen LogP contribution in [0.15, 0.2) is 0 Å². The van der Waals surface area contributed by atoms with Crippen molar-refractivity contribution in [3.8, 4) is 0 Å². The van der Waals surface area contributed by atoms with Crippen molar-refractivity contribution in [3.63, 3.8) is 0 Å². The number of hydrogen-bond acceptors (Lipinski definition) is 1. The summed E-state index contributed by atoms with van der Waals surface area (Å²) in [6.07, 6.45) is 2.44. The Hall–Kier alpha value is -0.0400. The van der Waals surface area contributed by atoms with Crippen LogP contribution in [0.25, 0.3) is 0 Å². The highest BCUT2D eigenvalue weighted by atomic mass is 16.3. The standard InChI is InChI=1S/C10H22O/c1-8(2)5-9(3)6-10(4)7-11/h8-11H,5-7H2,1-4H3. The lowest BCUT2D eigenvalue weighted by Gasteiger charge is -2.16. The van der Waals surface area contributed by atoms with Crippen LogP contribution in [0.1, 0.15) is 40.5 Å². The number of aliphatic hydroxyl groups is 1. The van der Waals surface area contributed by atoms with Crippen molar-refractivity contribution in [1.82, 2.24) is 0 Å². The molecule has 0 aliphatic rings. The molecule has 0 aromatic rings. The summed E-state index contributed by atoms with van der Waals surface area (Å²) in [5, 5.41) is 8.82. The van der Waals surface area contributed by atoms with Gasteiger partial charge in [-0.05, 0) is 30.6 Å². The molecule has 0 radical (unpaired) electrons. The fourth-order valence-electron chi connectivity index (χ4n) is 1.66. The van der Waals surface area contributed by atoms with Gasteiger partial charge in [0.15, 0.2) is 0 Å². The summed E-state index contributed by atoms with van der Waals surface area (Å²) in [5.41, 5.74) is 0. The first kappa shape index (κ1) is 11.0. The molecule has 0 saturated heterocycles. The monoisotopic (exact) mass is 158 g/mol. The van der Waals surface area contributed by atoms with E-state index in [0.29, 0.717) is 12.5 Å². The molecular formula is C10H22O. The van der Waals surface area contributed by atoms with Crippen molar-refractivity contribution in [1.29, 1.82) is 0 Å². The zero-order chi connectivity index (χ0) is 8.85. The molecule has 0 rings (SSSR count). The summed E-state index contributed by atoms with van der Waals surface area (Å²) in [7, 11) is 0. The average Bonchev–Trinajstić information content (AvgIpc) is 1.85. The summed E-state index contributed by atoms with van der Waals surface area (Å²) in [5.74, 6) is 2.02. The van der Waals surface area contributed by atoms with Gasteiger partial charge in [0.05, 0.1) is 0 Å². The van der Waals surface area contributed by atoms with Crippen LogP contribution >= 0.6 is 0 Å². The molecule has 1 heteroatoms. The lowest BCUT2D eigenvalue weighted by atomic mass is 9.91. The number of rotatable bonds is 5. The molecule has 0 aliphatic heterocycles. The lowest BCUT2D eigenvalue weighted by Crippen LogP contribution is -2.08. The van der Waals surface area contributed by atoms with E-state index < -0.39 is 0 Å². The van der Waals surface area contributed by atoms with Crippen LogP contribution < -0.4 is 0 Å². The van der Waals surface area contributed by atoms with Gasteiger partial charge in [-0.1, -0.05) is 27.7 Å². The Morgan fingerprint density at radius 3 is 1.82 bits per heavy atom. The van der Waals surface area contributed by atoms with E-state index in [-0.39, 0.29) is 0 Å². The first-order valence-corrected chi connectivity index (χ1v) is 4.67. The number of hydrogen-bond donors (Lipinski definition) is 1. The molecule has 11 heavy (non-hydrogen) atoms. The fourth-order valence-corrected chi connectivity index (χ4v) is 1.66. The van der Waals surface area contributed by atoms with Gasteiger partial charge in [0.2, 0.25) is 0 Å². The van der Waals surface area contributed by atoms with Crippen molar-refractivity contribution < 1.29 is 5.11 Å². The summed E-state index contributed by atoms with van der Waals surface area (Å²) in [6.45, 7) is 9.21. The second-order valence-corrected chi connectivity index (χ2v) is 4.26. The van der Waals surface area contributed by atoms with Gasteiger partial charge in [0.1, 0.15) is 0 Å². The van der Waals surface area contributed by atoms with E-state index in [1.165, 1.54) is 6.42 Å². The van der Waals surface area contributed by atoms with Crippen molar-refractivity contribution in [3.05, 3.63) is 0 Å². The van der Waals surface area contributed by atoms with Crippen molar-refractivity contribution in [2.75, 3.05) is 6.61 Å². The fraction of sp³-hybridized carbons (Fsp3) is 1.00. The van der Waals surface area contributed by atoms with Gasteiger partial charge in [0.25, 0.3) is 0 Å². The van der Waals surface area contributed by atoms with Crippen molar-refractivity contribution in [2.24, 2.45) is 17.8 Å². The Bertz CT molecular complexity index is 88.9. The summed E-state index contributed by atoms with van der Waals surface area (Å²) in [4.78, 5) is 0. The minimum Gasteiger partial charge on any atom is -0.396 e. The molecule has 0 aliphatic carbocycles. The molecule has 0 heterocycles. The average molecular weight is 158 g/mol. The van der Waals surface area contributed by atoms with E-state index in [1.807, 2.05) is 0 Å². The third-order valence-electron chi connectivity index (χ3n) is 1.99. The first-order chi connectivity index (χ1) is 5.06. The van der Waals surface area contributed by atoms with E-state index >= 15 is 0 Å². The molecule has 0 aromatic carbocycles. The van der Waals surface area contributed by atoms with Gasteiger partial charge >= 0.3 is 0 Å². The molecule has 2 atom stereocenters. The van der Waals surface area contributed by atoms with Gasteiger partial charge in [0, 0.05) is 6.61 Å². The second-order valence-electron chi connectivity index (χ2n) is 4.26. The molecule has 68 valence electrons. The molecule has 0 saturated carbocycles. The Morgan fingerprint density at radius 2 is 1.45 bits per heavy atom. The maximum atomic E-state index is 8.82. The highest BCUT2D eigenvalue weighted by Gasteiger charge is 2.08. The largest absolute Gasteiger partial charge is 0.396 e. The van der Waals surface area contributed by atoms with Gasteiger partial charge in [-0.3, -0.25) is 0 Å². The molecule has 2 unspecified atom stereocenters. The highest BCUT2D eigenvalue weighted by molar-refractivity contribution is 4.60. The summed E-state index contributed by atoms with van der Waals surface area (Å²) < 4.78 is 0. The van der Waals surface area contributed by atoms with Crippen LogP contribution in [0.2, 0.25) is 0 Å². The highest BCUT2D eigenvalue weighted by Crippen LogP contribution is 2.18. The van der Waals surface area contributed by atoms with Crippen molar-refractivity contribution in [2.45, 2.75) is 40.5 Å². The minimum atomic E-state index is 0.336. The first-order valence-electron chi connectivity index (χ1n) is 4.67. The third kappa shape index (κ3) is 6.36. The second kappa shape index (κ2) is 5.59. The lowest BCUT2D eigenvalue weighted by molar-refractivity contribution is 0.209. The zero-order valence-electron chi connectivity index (χ0n) is 8.30. The van der Waals surface area contributed by atoms with E-state index in [2.05, 4.69) is 27.7 Å². The Kier molecular flexibility index (Phi) is 5.57. The zero-order valence-corrected chi connectivity index (χ0v) is 8.30. The minimum absolute atomic E-state index is 0.336. The van der Waals surface area contributed by atoms with Crippen LogP contribution in [0.3, 0.4) is 0 Å². The maximum absolute atomic E-state index is 8.82. The molecule has 0 aromatic heterocycles. The SMILES string of the molecule is CC(C)CC(C)CC(C)CO. The molecular weight excluding hydrogens is 136 g/mol. The summed E-state index contributed by atoms with van der Waals surface area (Å²) in [6, 6.07) is 0. The van der Waals surface area contributed by atoms with Crippen LogP contribution in [0.5, 0.6) is 0 Å². The van der Waals surface area contributed by atoms with Gasteiger partial charge in [-0.25, -0.2) is 0 Å². The van der Waals surface area contributed by atoms with Gasteiger partial charge in [-0.2, -0.15) is 0 Å². The predicted molar refractivity (Wildman–Crippen MR) is 49.5 cm³/mol. The predicted octanol–water partition coefficient (Wildman–Crippen LogP) is 2.69. The van der Waals surface area contributed by atoms with E-state index in [9.17, 15) is 0 Å². The maximum Gasteiger partial charge on any atom is 0.0456 e. The van der Waals surface area contributed by atoms with Gasteiger partial charge < -0.3 is 5.11 Å². The Balaban J connectivity index is 3.43. The van der Waals surface area contributed by atoms with Crippen LogP contribution in [0.4, 0.5) is 0 Å². The normalized spacial score (nSPS) is 16.9. The Labute approximate surface area is 70.8 Å². The third-order valence-corrected chi connectivity index (χ3v) is 1.99. The molecule has 0 fully saturated rings. The molecule has 0 spiro atoms. The molecule has 0 bridgehead atoms. The van der Waals surface area contributed by atoms with E-state index in [0.717, 1.165) is 18.3 Å². The smallest absolute Gasteiger partial charge is 0.0456 e. The number of aliphatic hydroxyl groups excluding tert-OH is 1. The quantitative estimate of drug-likeness (QED) is 0.652. The van der Waals surface area contributed by atoms with Gasteiger partial charge in [-0.15, -0.1) is 0 Å². The van der Waals surface area contributed by atoms with Crippen LogP contribution in [0, 0.1) is 17.8 Å². The van der Waals surface area contributed by atoms with E-state index in [4.69, 9.17) is 5.11 Å². The van der Waals surface area contributed by atoms with Crippen LogP contribution in [-0.4, -0.2) is 11.7 Å².